The van der Waals surface area contributed by atoms with Gasteiger partial charge in [0.2, 0.25) is 11.6 Å². The molecule has 3 heteroatoms. The Morgan fingerprint density at radius 1 is 0.867 bits per heavy atom. The monoisotopic (exact) mass is 200 g/mol. The molecule has 1 aliphatic rings. The van der Waals surface area contributed by atoms with Gasteiger partial charge in [0.1, 0.15) is 5.76 Å². The van der Waals surface area contributed by atoms with E-state index in [4.69, 9.17) is 0 Å². The zero-order chi connectivity index (χ0) is 10.8. The molecule has 0 atom stereocenters. The summed E-state index contributed by atoms with van der Waals surface area (Å²) >= 11 is 0. The van der Waals surface area contributed by atoms with Gasteiger partial charge in [-0.15, -0.1) is 0 Å². The number of allylic oxidation sites excluding steroid dienone is 3. The van der Waals surface area contributed by atoms with E-state index < -0.39 is 11.6 Å². The van der Waals surface area contributed by atoms with E-state index in [1.807, 2.05) is 6.07 Å². The molecule has 3 nitrogen and oxygen atoms in total. The van der Waals surface area contributed by atoms with Crippen LogP contribution in [-0.2, 0) is 9.59 Å². The van der Waals surface area contributed by atoms with Crippen LogP contribution in [0.1, 0.15) is 5.56 Å². The molecular weight excluding hydrogens is 192 g/mol. The predicted octanol–water partition coefficient (Wildman–Crippen LogP) is 1.66. The van der Waals surface area contributed by atoms with Crippen LogP contribution in [0.15, 0.2) is 48.2 Å². The van der Waals surface area contributed by atoms with Crippen LogP contribution in [0.3, 0.4) is 0 Å². The van der Waals surface area contributed by atoms with E-state index in [0.29, 0.717) is 11.1 Å². The Labute approximate surface area is 86.4 Å². The van der Waals surface area contributed by atoms with Gasteiger partial charge in [-0.25, -0.2) is 0 Å². The second-order valence-corrected chi connectivity index (χ2v) is 3.18. The second kappa shape index (κ2) is 3.53. The van der Waals surface area contributed by atoms with Gasteiger partial charge >= 0.3 is 0 Å². The fraction of sp³-hybridized carbons (Fsp3) is 0. The molecule has 2 rings (SSSR count). The second-order valence-electron chi connectivity index (χ2n) is 3.18. The molecule has 0 heterocycles. The van der Waals surface area contributed by atoms with Crippen molar-refractivity contribution in [2.45, 2.75) is 0 Å². The minimum Gasteiger partial charge on any atom is -0.507 e. The third-order valence-corrected chi connectivity index (χ3v) is 2.15. The van der Waals surface area contributed by atoms with Crippen LogP contribution in [0.25, 0.3) is 5.57 Å². The van der Waals surface area contributed by atoms with Gasteiger partial charge < -0.3 is 5.11 Å². The number of benzene rings is 1. The molecule has 0 unspecified atom stereocenters. The van der Waals surface area contributed by atoms with E-state index in [2.05, 4.69) is 0 Å². The van der Waals surface area contributed by atoms with E-state index in [-0.39, 0.29) is 5.76 Å². The summed E-state index contributed by atoms with van der Waals surface area (Å²) in [5.74, 6) is -1.45. The molecule has 0 amide bonds. The van der Waals surface area contributed by atoms with E-state index in [0.717, 1.165) is 12.2 Å². The lowest BCUT2D eigenvalue weighted by atomic mass is 9.97. The summed E-state index contributed by atoms with van der Waals surface area (Å²) in [5, 5.41) is 9.53. The maximum absolute atomic E-state index is 11.1. The highest BCUT2D eigenvalue weighted by molar-refractivity contribution is 6.48. The Morgan fingerprint density at radius 3 is 2.13 bits per heavy atom. The Kier molecular flexibility index (Phi) is 2.21. The first-order chi connectivity index (χ1) is 7.18. The zero-order valence-corrected chi connectivity index (χ0v) is 7.81. The normalized spacial score (nSPS) is 16.0. The molecule has 15 heavy (non-hydrogen) atoms. The summed E-state index contributed by atoms with van der Waals surface area (Å²) in [7, 11) is 0. The Hall–Kier alpha value is -2.16. The number of aliphatic hydroxyl groups is 1. The van der Waals surface area contributed by atoms with Gasteiger partial charge in [0.05, 0.1) is 0 Å². The molecule has 0 saturated heterocycles. The fourth-order valence-electron chi connectivity index (χ4n) is 1.40. The van der Waals surface area contributed by atoms with E-state index in [9.17, 15) is 14.7 Å². The van der Waals surface area contributed by atoms with E-state index in [1.54, 1.807) is 24.3 Å². The lowest BCUT2D eigenvalue weighted by Gasteiger charge is -2.09. The number of rotatable bonds is 1. The summed E-state index contributed by atoms with van der Waals surface area (Å²) in [6.07, 6.45) is 2.11. The fourth-order valence-corrected chi connectivity index (χ4v) is 1.40. The standard InChI is InChI=1S/C12H8O3/c13-10-7-12(15)11(14)6-9(10)8-4-2-1-3-5-8/h1-7,13H. The van der Waals surface area contributed by atoms with Crippen molar-refractivity contribution in [1.82, 2.24) is 0 Å². The molecule has 0 saturated carbocycles. The molecule has 1 N–H and O–H groups in total. The van der Waals surface area contributed by atoms with E-state index in [1.165, 1.54) is 0 Å². The van der Waals surface area contributed by atoms with Crippen molar-refractivity contribution in [3.63, 3.8) is 0 Å². The van der Waals surface area contributed by atoms with Crippen molar-refractivity contribution >= 4 is 17.1 Å². The Balaban J connectivity index is 2.48. The molecule has 0 spiro atoms. The first-order valence-electron chi connectivity index (χ1n) is 4.45. The Morgan fingerprint density at radius 2 is 1.47 bits per heavy atom. The highest BCUT2D eigenvalue weighted by atomic mass is 16.3. The molecule has 74 valence electrons. The minimum atomic E-state index is -0.688. The summed E-state index contributed by atoms with van der Waals surface area (Å²) in [4.78, 5) is 22.1. The molecule has 1 aromatic carbocycles. The van der Waals surface area contributed by atoms with Crippen molar-refractivity contribution in [2.24, 2.45) is 0 Å². The average Bonchev–Trinajstić information content (AvgIpc) is 2.25. The van der Waals surface area contributed by atoms with Crippen LogP contribution in [0.2, 0.25) is 0 Å². The van der Waals surface area contributed by atoms with Crippen molar-refractivity contribution < 1.29 is 14.7 Å². The molecule has 1 aromatic rings. The van der Waals surface area contributed by atoms with Gasteiger partial charge in [0.15, 0.2) is 0 Å². The molecule has 0 aliphatic heterocycles. The lowest BCUT2D eigenvalue weighted by Crippen LogP contribution is -2.14. The third-order valence-electron chi connectivity index (χ3n) is 2.15. The summed E-state index contributed by atoms with van der Waals surface area (Å²) in [6.45, 7) is 0. The zero-order valence-electron chi connectivity index (χ0n) is 7.81. The van der Waals surface area contributed by atoms with Gasteiger partial charge in [-0.2, -0.15) is 0 Å². The number of carbonyl (C=O) groups is 2. The Bertz CT molecular complexity index is 481. The number of hydrogen-bond acceptors (Lipinski definition) is 3. The third kappa shape index (κ3) is 1.72. The molecule has 1 aliphatic carbocycles. The van der Waals surface area contributed by atoms with Crippen molar-refractivity contribution in [1.29, 1.82) is 0 Å². The number of ketones is 2. The minimum absolute atomic E-state index is 0.161. The molecular formula is C12H8O3. The van der Waals surface area contributed by atoms with Crippen LogP contribution in [0.4, 0.5) is 0 Å². The van der Waals surface area contributed by atoms with Crippen molar-refractivity contribution in [3.05, 3.63) is 53.8 Å². The lowest BCUT2D eigenvalue weighted by molar-refractivity contribution is -0.131. The first-order valence-corrected chi connectivity index (χ1v) is 4.45. The maximum Gasteiger partial charge on any atom is 0.229 e. The highest BCUT2D eigenvalue weighted by Crippen LogP contribution is 2.23. The summed E-state index contributed by atoms with van der Waals surface area (Å²) in [5.41, 5.74) is 1.10. The number of aliphatic hydroxyl groups excluding tert-OH is 1. The van der Waals surface area contributed by atoms with Gasteiger partial charge in [0.25, 0.3) is 0 Å². The number of hydrogen-bond donors (Lipinski definition) is 1. The topological polar surface area (TPSA) is 54.4 Å². The smallest absolute Gasteiger partial charge is 0.229 e. The molecule has 0 fully saturated rings. The average molecular weight is 200 g/mol. The van der Waals surface area contributed by atoms with Gasteiger partial charge in [-0.3, -0.25) is 9.59 Å². The van der Waals surface area contributed by atoms with Crippen LogP contribution in [0, 0.1) is 0 Å². The van der Waals surface area contributed by atoms with Crippen LogP contribution < -0.4 is 0 Å². The summed E-state index contributed by atoms with van der Waals surface area (Å²) in [6, 6.07) is 8.95. The first kappa shape index (κ1) is 9.40. The molecule has 0 bridgehead atoms. The van der Waals surface area contributed by atoms with Gasteiger partial charge in [-0.05, 0) is 5.56 Å². The quantitative estimate of drug-likeness (QED) is 0.554. The maximum atomic E-state index is 11.1. The predicted molar refractivity (Wildman–Crippen MR) is 55.1 cm³/mol. The van der Waals surface area contributed by atoms with Crippen molar-refractivity contribution in [3.8, 4) is 0 Å². The van der Waals surface area contributed by atoms with E-state index >= 15 is 0 Å². The number of carbonyl (C=O) groups excluding carboxylic acids is 2. The summed E-state index contributed by atoms with van der Waals surface area (Å²) < 4.78 is 0. The highest BCUT2D eigenvalue weighted by Gasteiger charge is 2.20. The van der Waals surface area contributed by atoms with Crippen LogP contribution in [-0.4, -0.2) is 16.7 Å². The SMILES string of the molecule is O=C1C=C(O)C(c2ccccc2)=CC1=O. The van der Waals surface area contributed by atoms with Crippen molar-refractivity contribution in [2.75, 3.05) is 0 Å². The largest absolute Gasteiger partial charge is 0.507 e. The van der Waals surface area contributed by atoms with Crippen LogP contribution >= 0.6 is 0 Å². The molecule has 0 aromatic heterocycles. The van der Waals surface area contributed by atoms with Crippen LogP contribution in [0.5, 0.6) is 0 Å². The molecule has 0 radical (unpaired) electrons. The van der Waals surface area contributed by atoms with Gasteiger partial charge in [0, 0.05) is 17.7 Å². The van der Waals surface area contributed by atoms with Gasteiger partial charge in [-0.1, -0.05) is 30.3 Å².